The zero-order chi connectivity index (χ0) is 13.8. The van der Waals surface area contributed by atoms with Crippen molar-refractivity contribution in [3.05, 3.63) is 46.6 Å². The molecule has 2 N–H and O–H groups in total. The van der Waals surface area contributed by atoms with Gasteiger partial charge in [-0.05, 0) is 29.8 Å². The topological polar surface area (TPSA) is 54.3 Å². The first-order valence-electron chi connectivity index (χ1n) is 5.94. The molecule has 0 saturated heterocycles. The summed E-state index contributed by atoms with van der Waals surface area (Å²) in [6, 6.07) is 11.6. The van der Waals surface area contributed by atoms with Crippen molar-refractivity contribution in [2.75, 3.05) is 13.2 Å². The molecular formula is C14H15BrN2O2. The van der Waals surface area contributed by atoms with E-state index in [4.69, 9.17) is 5.11 Å². The molecule has 0 unspecified atom stereocenters. The summed E-state index contributed by atoms with van der Waals surface area (Å²) in [5.41, 5.74) is 2.60. The molecule has 1 amide bonds. The number of nitrogens with zero attached hydrogens (tertiary/aromatic N) is 1. The first kappa shape index (κ1) is 13.8. The van der Waals surface area contributed by atoms with Gasteiger partial charge in [0.1, 0.15) is 5.69 Å². The molecule has 0 radical (unpaired) electrons. The Morgan fingerprint density at radius 1 is 1.26 bits per heavy atom. The SMILES string of the molecule is Cn1c(C(=O)NCCO)ccc1-c1ccc(Br)cc1. The highest BCUT2D eigenvalue weighted by molar-refractivity contribution is 9.10. The number of carbonyl (C=O) groups excluding carboxylic acids is 1. The van der Waals surface area contributed by atoms with Gasteiger partial charge in [0.05, 0.1) is 6.61 Å². The summed E-state index contributed by atoms with van der Waals surface area (Å²) in [6.45, 7) is 0.202. The maximum Gasteiger partial charge on any atom is 0.267 e. The lowest BCUT2D eigenvalue weighted by atomic mass is 10.1. The maximum absolute atomic E-state index is 11.9. The lowest BCUT2D eigenvalue weighted by Gasteiger charge is -2.08. The molecule has 0 atom stereocenters. The van der Waals surface area contributed by atoms with Crippen LogP contribution in [0.4, 0.5) is 0 Å². The fourth-order valence-electron chi connectivity index (χ4n) is 1.91. The fourth-order valence-corrected chi connectivity index (χ4v) is 2.17. The number of hydrogen-bond donors (Lipinski definition) is 2. The van der Waals surface area contributed by atoms with Crippen LogP contribution in [0.15, 0.2) is 40.9 Å². The summed E-state index contributed by atoms with van der Waals surface area (Å²) in [6.07, 6.45) is 0. The van der Waals surface area contributed by atoms with Gasteiger partial charge in [0.25, 0.3) is 5.91 Å². The van der Waals surface area contributed by atoms with Crippen molar-refractivity contribution in [3.8, 4) is 11.3 Å². The van der Waals surface area contributed by atoms with E-state index in [1.54, 1.807) is 6.07 Å². The quantitative estimate of drug-likeness (QED) is 0.906. The van der Waals surface area contributed by atoms with Crippen LogP contribution in [-0.2, 0) is 7.05 Å². The number of halogens is 1. The standard InChI is InChI=1S/C14H15BrN2O2/c1-17-12(10-2-4-11(15)5-3-10)6-7-13(17)14(19)16-8-9-18/h2-7,18H,8-9H2,1H3,(H,16,19). The zero-order valence-electron chi connectivity index (χ0n) is 10.6. The first-order valence-corrected chi connectivity index (χ1v) is 6.73. The molecule has 0 aliphatic rings. The van der Waals surface area contributed by atoms with Crippen LogP contribution < -0.4 is 5.32 Å². The van der Waals surface area contributed by atoms with E-state index in [0.717, 1.165) is 15.7 Å². The highest BCUT2D eigenvalue weighted by atomic mass is 79.9. The molecule has 0 spiro atoms. The van der Waals surface area contributed by atoms with Gasteiger partial charge in [-0.25, -0.2) is 0 Å². The molecule has 1 heterocycles. The summed E-state index contributed by atoms with van der Waals surface area (Å²) in [4.78, 5) is 11.9. The minimum Gasteiger partial charge on any atom is -0.395 e. The van der Waals surface area contributed by atoms with E-state index in [-0.39, 0.29) is 19.1 Å². The van der Waals surface area contributed by atoms with Crippen molar-refractivity contribution in [1.29, 1.82) is 0 Å². The van der Waals surface area contributed by atoms with Crippen molar-refractivity contribution in [3.63, 3.8) is 0 Å². The Morgan fingerprint density at radius 2 is 1.95 bits per heavy atom. The predicted molar refractivity (Wildman–Crippen MR) is 78.0 cm³/mol. The van der Waals surface area contributed by atoms with Crippen molar-refractivity contribution in [2.24, 2.45) is 7.05 Å². The Labute approximate surface area is 120 Å². The highest BCUT2D eigenvalue weighted by Gasteiger charge is 2.12. The number of carbonyl (C=O) groups is 1. The molecule has 4 nitrogen and oxygen atoms in total. The average molecular weight is 323 g/mol. The van der Waals surface area contributed by atoms with E-state index in [2.05, 4.69) is 21.2 Å². The van der Waals surface area contributed by atoms with Gasteiger partial charge in [-0.3, -0.25) is 4.79 Å². The Hall–Kier alpha value is -1.59. The van der Waals surface area contributed by atoms with Gasteiger partial charge >= 0.3 is 0 Å². The average Bonchev–Trinajstić information content (AvgIpc) is 2.79. The van der Waals surface area contributed by atoms with Gasteiger partial charge in [0.2, 0.25) is 0 Å². The van der Waals surface area contributed by atoms with Crippen LogP contribution in [0.2, 0.25) is 0 Å². The Morgan fingerprint density at radius 3 is 2.58 bits per heavy atom. The smallest absolute Gasteiger partial charge is 0.267 e. The minimum absolute atomic E-state index is 0.0598. The number of aliphatic hydroxyl groups excluding tert-OH is 1. The summed E-state index contributed by atoms with van der Waals surface area (Å²) in [5, 5.41) is 11.4. The van der Waals surface area contributed by atoms with E-state index in [1.165, 1.54) is 0 Å². The Balaban J connectivity index is 2.27. The van der Waals surface area contributed by atoms with Crippen molar-refractivity contribution in [2.45, 2.75) is 0 Å². The van der Waals surface area contributed by atoms with Crippen molar-refractivity contribution < 1.29 is 9.90 Å². The molecule has 0 aliphatic heterocycles. The molecule has 2 aromatic rings. The van der Waals surface area contributed by atoms with Gasteiger partial charge in [-0.1, -0.05) is 28.1 Å². The van der Waals surface area contributed by atoms with E-state index in [1.807, 2.05) is 41.9 Å². The molecular weight excluding hydrogens is 308 g/mol. The number of benzene rings is 1. The lowest BCUT2D eigenvalue weighted by Crippen LogP contribution is -2.28. The molecule has 100 valence electrons. The molecule has 0 bridgehead atoms. The monoisotopic (exact) mass is 322 g/mol. The van der Waals surface area contributed by atoms with Gasteiger partial charge in [-0.15, -0.1) is 0 Å². The molecule has 5 heteroatoms. The van der Waals surface area contributed by atoms with Crippen LogP contribution in [0.3, 0.4) is 0 Å². The second-order valence-corrected chi connectivity index (χ2v) is 5.06. The van der Waals surface area contributed by atoms with Gasteiger partial charge < -0.3 is 15.0 Å². The largest absolute Gasteiger partial charge is 0.395 e. The van der Waals surface area contributed by atoms with Crippen LogP contribution >= 0.6 is 15.9 Å². The normalized spacial score (nSPS) is 10.5. The third kappa shape index (κ3) is 3.05. The van der Waals surface area contributed by atoms with Crippen LogP contribution in [0.1, 0.15) is 10.5 Å². The summed E-state index contributed by atoms with van der Waals surface area (Å²) >= 11 is 3.40. The van der Waals surface area contributed by atoms with Gasteiger partial charge in [0, 0.05) is 23.8 Å². The molecule has 0 aliphatic carbocycles. The fraction of sp³-hybridized carbons (Fsp3) is 0.214. The third-order valence-electron chi connectivity index (χ3n) is 2.89. The number of aliphatic hydroxyl groups is 1. The van der Waals surface area contributed by atoms with Crippen LogP contribution in [0.25, 0.3) is 11.3 Å². The third-order valence-corrected chi connectivity index (χ3v) is 3.42. The van der Waals surface area contributed by atoms with Gasteiger partial charge in [0.15, 0.2) is 0 Å². The van der Waals surface area contributed by atoms with E-state index in [0.29, 0.717) is 5.69 Å². The number of nitrogens with one attached hydrogen (secondary N) is 1. The maximum atomic E-state index is 11.9. The molecule has 1 aromatic carbocycles. The summed E-state index contributed by atoms with van der Waals surface area (Å²) in [7, 11) is 1.85. The number of hydrogen-bond acceptors (Lipinski definition) is 2. The van der Waals surface area contributed by atoms with Crippen LogP contribution in [0.5, 0.6) is 0 Å². The lowest BCUT2D eigenvalue weighted by molar-refractivity contribution is 0.0937. The highest BCUT2D eigenvalue weighted by Crippen LogP contribution is 2.23. The van der Waals surface area contributed by atoms with E-state index < -0.39 is 0 Å². The van der Waals surface area contributed by atoms with Gasteiger partial charge in [-0.2, -0.15) is 0 Å². The molecule has 2 rings (SSSR count). The molecule has 0 fully saturated rings. The van der Waals surface area contributed by atoms with Crippen LogP contribution in [-0.4, -0.2) is 28.7 Å². The minimum atomic E-state index is -0.181. The van der Waals surface area contributed by atoms with Crippen molar-refractivity contribution in [1.82, 2.24) is 9.88 Å². The Bertz CT molecular complexity index is 576. The van der Waals surface area contributed by atoms with Crippen LogP contribution in [0, 0.1) is 0 Å². The second kappa shape index (κ2) is 6.04. The van der Waals surface area contributed by atoms with Crippen molar-refractivity contribution >= 4 is 21.8 Å². The predicted octanol–water partition coefficient (Wildman–Crippen LogP) is 2.18. The number of aromatic nitrogens is 1. The molecule has 0 saturated carbocycles. The number of amides is 1. The zero-order valence-corrected chi connectivity index (χ0v) is 12.1. The number of rotatable bonds is 4. The summed E-state index contributed by atoms with van der Waals surface area (Å²) < 4.78 is 2.86. The first-order chi connectivity index (χ1) is 9.13. The van der Waals surface area contributed by atoms with E-state index >= 15 is 0 Å². The van der Waals surface area contributed by atoms with E-state index in [9.17, 15) is 4.79 Å². The Kier molecular flexibility index (Phi) is 4.39. The molecule has 1 aromatic heterocycles. The molecule has 19 heavy (non-hydrogen) atoms. The summed E-state index contributed by atoms with van der Waals surface area (Å²) in [5.74, 6) is -0.181. The second-order valence-electron chi connectivity index (χ2n) is 4.15.